The minimum absolute atomic E-state index is 0.111. The maximum absolute atomic E-state index is 12.0. The highest BCUT2D eigenvalue weighted by Crippen LogP contribution is 2.23. The molecule has 1 aliphatic rings. The van der Waals surface area contributed by atoms with E-state index in [-0.39, 0.29) is 16.8 Å². The molecule has 1 atom stereocenters. The van der Waals surface area contributed by atoms with Gasteiger partial charge in [-0.05, 0) is 25.0 Å². The number of fused-ring (bicyclic) bond motifs is 1. The normalized spacial score (nSPS) is 22.6. The molecule has 0 radical (unpaired) electrons. The van der Waals surface area contributed by atoms with Gasteiger partial charge in [-0.2, -0.15) is 0 Å². The SMILES string of the molecule is O=S1(=O)CCCCC1Cc1nnc2ccc(O)cn12. The molecule has 2 aromatic heterocycles. The van der Waals surface area contributed by atoms with Crippen LogP contribution in [0.2, 0.25) is 0 Å². The molecule has 6 nitrogen and oxygen atoms in total. The van der Waals surface area contributed by atoms with Gasteiger partial charge in [0.1, 0.15) is 11.6 Å². The molecule has 0 bridgehead atoms. The molecule has 1 unspecified atom stereocenters. The second-order valence-corrected chi connectivity index (χ2v) is 7.32. The Morgan fingerprint density at radius 1 is 1.32 bits per heavy atom. The summed E-state index contributed by atoms with van der Waals surface area (Å²) in [6.45, 7) is 0. The van der Waals surface area contributed by atoms with Gasteiger partial charge >= 0.3 is 0 Å². The van der Waals surface area contributed by atoms with Crippen LogP contribution in [0.3, 0.4) is 0 Å². The van der Waals surface area contributed by atoms with Crippen LogP contribution < -0.4 is 0 Å². The van der Waals surface area contributed by atoms with Crippen molar-refractivity contribution in [1.29, 1.82) is 0 Å². The zero-order valence-electron chi connectivity index (χ0n) is 10.4. The minimum Gasteiger partial charge on any atom is -0.506 e. The predicted molar refractivity (Wildman–Crippen MR) is 69.8 cm³/mol. The molecule has 0 aliphatic carbocycles. The third-order valence-electron chi connectivity index (χ3n) is 3.58. The van der Waals surface area contributed by atoms with E-state index in [2.05, 4.69) is 10.2 Å². The lowest BCUT2D eigenvalue weighted by atomic mass is 10.1. The van der Waals surface area contributed by atoms with Crippen LogP contribution >= 0.6 is 0 Å². The second-order valence-electron chi connectivity index (χ2n) is 4.92. The number of sulfone groups is 1. The summed E-state index contributed by atoms with van der Waals surface area (Å²) in [7, 11) is -3.02. The van der Waals surface area contributed by atoms with E-state index in [0.29, 0.717) is 24.3 Å². The fourth-order valence-corrected chi connectivity index (χ4v) is 4.39. The van der Waals surface area contributed by atoms with Gasteiger partial charge in [-0.15, -0.1) is 10.2 Å². The Morgan fingerprint density at radius 2 is 2.16 bits per heavy atom. The molecule has 3 heterocycles. The summed E-state index contributed by atoms with van der Waals surface area (Å²) >= 11 is 0. The van der Waals surface area contributed by atoms with E-state index in [0.717, 1.165) is 12.8 Å². The van der Waals surface area contributed by atoms with Crippen molar-refractivity contribution in [1.82, 2.24) is 14.6 Å². The van der Waals surface area contributed by atoms with Crippen LogP contribution in [0.1, 0.15) is 25.1 Å². The van der Waals surface area contributed by atoms with Crippen molar-refractivity contribution in [2.75, 3.05) is 5.75 Å². The van der Waals surface area contributed by atoms with E-state index in [1.165, 1.54) is 12.3 Å². The maximum atomic E-state index is 12.0. The van der Waals surface area contributed by atoms with Crippen LogP contribution in [-0.4, -0.2) is 39.1 Å². The standard InChI is InChI=1S/C12H15N3O3S/c16-9-4-5-11-13-14-12(15(11)8-9)7-10-3-1-2-6-19(10,17)18/h4-5,8,10,16H,1-3,6-7H2. The fraction of sp³-hybridized carbons (Fsp3) is 0.500. The number of hydrogen-bond donors (Lipinski definition) is 1. The molecule has 3 rings (SSSR count). The number of hydrogen-bond acceptors (Lipinski definition) is 5. The van der Waals surface area contributed by atoms with E-state index >= 15 is 0 Å². The number of rotatable bonds is 2. The monoisotopic (exact) mass is 281 g/mol. The summed E-state index contributed by atoms with van der Waals surface area (Å²) in [4.78, 5) is 0. The molecule has 19 heavy (non-hydrogen) atoms. The van der Waals surface area contributed by atoms with Crippen molar-refractivity contribution >= 4 is 15.5 Å². The number of aromatic hydroxyl groups is 1. The first kappa shape index (κ1) is 12.4. The average molecular weight is 281 g/mol. The molecule has 0 amide bonds. The van der Waals surface area contributed by atoms with Gasteiger partial charge in [-0.1, -0.05) is 6.42 Å². The lowest BCUT2D eigenvalue weighted by molar-refractivity contribution is 0.471. The van der Waals surface area contributed by atoms with Gasteiger partial charge < -0.3 is 5.11 Å². The van der Waals surface area contributed by atoms with E-state index < -0.39 is 9.84 Å². The Bertz CT molecular complexity index is 708. The van der Waals surface area contributed by atoms with Crippen molar-refractivity contribution < 1.29 is 13.5 Å². The zero-order valence-corrected chi connectivity index (χ0v) is 11.2. The van der Waals surface area contributed by atoms with E-state index in [1.54, 1.807) is 10.5 Å². The van der Waals surface area contributed by atoms with Crippen molar-refractivity contribution in [2.45, 2.75) is 30.9 Å². The highest BCUT2D eigenvalue weighted by molar-refractivity contribution is 7.92. The summed E-state index contributed by atoms with van der Waals surface area (Å²) < 4.78 is 25.7. The summed E-state index contributed by atoms with van der Waals surface area (Å²) in [6.07, 6.45) is 4.23. The summed E-state index contributed by atoms with van der Waals surface area (Å²) in [5.74, 6) is 0.959. The number of aromatic nitrogens is 3. The Hall–Kier alpha value is -1.63. The Morgan fingerprint density at radius 3 is 2.95 bits per heavy atom. The Labute approximate surface area is 111 Å². The quantitative estimate of drug-likeness (QED) is 0.885. The predicted octanol–water partition coefficient (Wildman–Crippen LogP) is 0.945. The first-order chi connectivity index (χ1) is 9.06. The zero-order chi connectivity index (χ0) is 13.5. The van der Waals surface area contributed by atoms with Gasteiger partial charge in [0.05, 0.1) is 17.2 Å². The molecular weight excluding hydrogens is 266 g/mol. The molecule has 1 N–H and O–H groups in total. The van der Waals surface area contributed by atoms with Crippen LogP contribution in [0.15, 0.2) is 18.3 Å². The van der Waals surface area contributed by atoms with Crippen LogP contribution in [-0.2, 0) is 16.3 Å². The summed E-state index contributed by atoms with van der Waals surface area (Å²) in [6, 6.07) is 3.19. The molecule has 7 heteroatoms. The van der Waals surface area contributed by atoms with Gasteiger partial charge in [0.15, 0.2) is 15.5 Å². The second kappa shape index (κ2) is 4.48. The molecule has 2 aromatic rings. The number of nitrogens with zero attached hydrogens (tertiary/aromatic N) is 3. The minimum atomic E-state index is -3.02. The van der Waals surface area contributed by atoms with Gasteiger partial charge in [-0.3, -0.25) is 4.40 Å². The van der Waals surface area contributed by atoms with Crippen molar-refractivity contribution in [3.05, 3.63) is 24.2 Å². The van der Waals surface area contributed by atoms with Crippen molar-refractivity contribution in [3.8, 4) is 5.75 Å². The van der Waals surface area contributed by atoms with Crippen molar-refractivity contribution in [3.63, 3.8) is 0 Å². The van der Waals surface area contributed by atoms with Gasteiger partial charge in [-0.25, -0.2) is 8.42 Å². The molecule has 0 aromatic carbocycles. The molecule has 1 fully saturated rings. The molecule has 0 spiro atoms. The highest BCUT2D eigenvalue weighted by atomic mass is 32.2. The smallest absolute Gasteiger partial charge is 0.161 e. The molecule has 1 saturated heterocycles. The average Bonchev–Trinajstić information content (AvgIpc) is 2.74. The molecule has 1 aliphatic heterocycles. The highest BCUT2D eigenvalue weighted by Gasteiger charge is 2.30. The number of pyridine rings is 1. The largest absolute Gasteiger partial charge is 0.506 e. The van der Waals surface area contributed by atoms with Gasteiger partial charge in [0, 0.05) is 6.42 Å². The van der Waals surface area contributed by atoms with Crippen LogP contribution in [0.4, 0.5) is 0 Å². The maximum Gasteiger partial charge on any atom is 0.161 e. The Balaban J connectivity index is 1.95. The third kappa shape index (κ3) is 2.30. The van der Waals surface area contributed by atoms with E-state index in [9.17, 15) is 13.5 Å². The molecule has 102 valence electrons. The van der Waals surface area contributed by atoms with E-state index in [1.807, 2.05) is 0 Å². The fourth-order valence-electron chi connectivity index (χ4n) is 2.52. The lowest BCUT2D eigenvalue weighted by Gasteiger charge is -2.21. The summed E-state index contributed by atoms with van der Waals surface area (Å²) in [5.41, 5.74) is 0.612. The van der Waals surface area contributed by atoms with Crippen molar-refractivity contribution in [2.24, 2.45) is 0 Å². The van der Waals surface area contributed by atoms with Gasteiger partial charge in [0.25, 0.3) is 0 Å². The summed E-state index contributed by atoms with van der Waals surface area (Å²) in [5, 5.41) is 17.1. The molecule has 0 saturated carbocycles. The third-order valence-corrected chi connectivity index (χ3v) is 5.86. The van der Waals surface area contributed by atoms with Crippen LogP contribution in [0, 0.1) is 0 Å². The molecular formula is C12H15N3O3S. The first-order valence-electron chi connectivity index (χ1n) is 6.30. The van der Waals surface area contributed by atoms with Gasteiger partial charge in [0.2, 0.25) is 0 Å². The van der Waals surface area contributed by atoms with E-state index in [4.69, 9.17) is 0 Å². The topological polar surface area (TPSA) is 84.6 Å². The van der Waals surface area contributed by atoms with Crippen LogP contribution in [0.25, 0.3) is 5.65 Å². The lowest BCUT2D eigenvalue weighted by Crippen LogP contribution is -2.30. The first-order valence-corrected chi connectivity index (χ1v) is 8.02. The van der Waals surface area contributed by atoms with Crippen LogP contribution in [0.5, 0.6) is 5.75 Å². The Kier molecular flexibility index (Phi) is 2.93.